The molecule has 0 unspecified atom stereocenters. The lowest BCUT2D eigenvalue weighted by Crippen LogP contribution is -2.38. The monoisotopic (exact) mass is 518 g/mol. The van der Waals surface area contributed by atoms with Gasteiger partial charge in [-0.1, -0.05) is 24.3 Å². The number of anilines is 1. The molecule has 0 atom stereocenters. The molecule has 3 rings (SSSR count). The maximum Gasteiger partial charge on any atom is 0.191 e. The molecule has 0 aliphatic rings. The fourth-order valence-electron chi connectivity index (χ4n) is 3.01. The van der Waals surface area contributed by atoms with E-state index in [1.54, 1.807) is 6.20 Å². The number of nitrogens with one attached hydrogen (secondary N) is 2. The average molecular weight is 518 g/mol. The molecule has 1 aromatic heterocycles. The van der Waals surface area contributed by atoms with E-state index in [4.69, 9.17) is 4.99 Å². The molecule has 0 saturated carbocycles. The first-order valence-corrected chi connectivity index (χ1v) is 10.0. The third kappa shape index (κ3) is 7.05. The summed E-state index contributed by atoms with van der Waals surface area (Å²) >= 11 is 0. The van der Waals surface area contributed by atoms with E-state index in [2.05, 4.69) is 90.2 Å². The normalized spacial score (nSPS) is 11.0. The molecule has 2 aromatic carbocycles. The number of hydrogen-bond donors (Lipinski definition) is 2. The van der Waals surface area contributed by atoms with Crippen molar-refractivity contribution in [2.24, 2.45) is 4.99 Å². The number of benzene rings is 2. The number of aliphatic imine (C=N–C) groups is 1. The summed E-state index contributed by atoms with van der Waals surface area (Å²) in [7, 11) is 4.10. The predicted octanol–water partition coefficient (Wildman–Crippen LogP) is 3.85. The minimum absolute atomic E-state index is 0. The number of hydrogen-bond acceptors (Lipinski definition) is 3. The maximum absolute atomic E-state index is 4.73. The van der Waals surface area contributed by atoms with E-state index in [9.17, 15) is 0 Å². The SMILES string of the molecule is CCNC(=NCc1cccc(N(C)C)c1)NCCc1ccc(-n2cccn2)cc1.I. The molecule has 0 bridgehead atoms. The molecule has 160 valence electrons. The number of halogens is 1. The van der Waals surface area contributed by atoms with Gasteiger partial charge in [0.1, 0.15) is 0 Å². The maximum atomic E-state index is 4.73. The van der Waals surface area contributed by atoms with Crippen LogP contribution in [0.4, 0.5) is 5.69 Å². The molecule has 3 aromatic rings. The van der Waals surface area contributed by atoms with Crippen molar-refractivity contribution in [3.8, 4) is 5.69 Å². The number of rotatable bonds is 8. The Morgan fingerprint density at radius 1 is 1.03 bits per heavy atom. The van der Waals surface area contributed by atoms with Gasteiger partial charge in [-0.15, -0.1) is 24.0 Å². The Hall–Kier alpha value is -2.55. The number of aromatic nitrogens is 2. The van der Waals surface area contributed by atoms with Crippen LogP contribution in [0, 0.1) is 0 Å². The highest BCUT2D eigenvalue weighted by Crippen LogP contribution is 2.14. The molecule has 6 nitrogen and oxygen atoms in total. The summed E-state index contributed by atoms with van der Waals surface area (Å²) in [6.45, 7) is 4.39. The van der Waals surface area contributed by atoms with Crippen molar-refractivity contribution in [1.29, 1.82) is 0 Å². The molecule has 0 fully saturated rings. The second kappa shape index (κ2) is 12.2. The highest BCUT2D eigenvalue weighted by atomic mass is 127. The largest absolute Gasteiger partial charge is 0.378 e. The smallest absolute Gasteiger partial charge is 0.191 e. The summed E-state index contributed by atoms with van der Waals surface area (Å²) < 4.78 is 1.86. The Bertz CT molecular complexity index is 904. The van der Waals surface area contributed by atoms with E-state index < -0.39 is 0 Å². The Morgan fingerprint density at radius 3 is 2.50 bits per heavy atom. The van der Waals surface area contributed by atoms with E-state index in [0.29, 0.717) is 6.54 Å². The third-order valence-corrected chi connectivity index (χ3v) is 4.60. The Balaban J connectivity index is 0.00000320. The first-order valence-electron chi connectivity index (χ1n) is 10.0. The van der Waals surface area contributed by atoms with Gasteiger partial charge in [0, 0.05) is 45.3 Å². The zero-order valence-corrected chi connectivity index (χ0v) is 20.2. The van der Waals surface area contributed by atoms with Crippen LogP contribution < -0.4 is 15.5 Å². The van der Waals surface area contributed by atoms with E-state index in [0.717, 1.165) is 31.2 Å². The summed E-state index contributed by atoms with van der Waals surface area (Å²) in [5.74, 6) is 0.843. The summed E-state index contributed by atoms with van der Waals surface area (Å²) in [5, 5.41) is 11.0. The standard InChI is InChI=1S/C23H30N6.HI/c1-4-24-23(26-18-20-7-5-8-22(17-20)28(2)3)25-15-13-19-9-11-21(12-10-19)29-16-6-14-27-29;/h5-12,14,16-17H,4,13,15,18H2,1-3H3,(H2,24,25,26);1H. The van der Waals surface area contributed by atoms with E-state index in [-0.39, 0.29) is 24.0 Å². The van der Waals surface area contributed by atoms with Gasteiger partial charge in [0.05, 0.1) is 12.2 Å². The Labute approximate surface area is 196 Å². The molecule has 0 aliphatic heterocycles. The van der Waals surface area contributed by atoms with Crippen LogP contribution in [0.15, 0.2) is 72.0 Å². The molecule has 0 radical (unpaired) electrons. The van der Waals surface area contributed by atoms with Gasteiger partial charge in [-0.2, -0.15) is 5.10 Å². The molecule has 0 aliphatic carbocycles. The van der Waals surface area contributed by atoms with Crippen LogP contribution in [0.25, 0.3) is 5.69 Å². The van der Waals surface area contributed by atoms with Gasteiger partial charge in [0.15, 0.2) is 5.96 Å². The summed E-state index contributed by atoms with van der Waals surface area (Å²) in [5.41, 5.74) is 4.74. The summed E-state index contributed by atoms with van der Waals surface area (Å²) in [6, 6.07) is 18.9. The van der Waals surface area contributed by atoms with Gasteiger partial charge in [-0.25, -0.2) is 9.67 Å². The first-order chi connectivity index (χ1) is 14.2. The van der Waals surface area contributed by atoms with Crippen molar-refractivity contribution >= 4 is 35.6 Å². The topological polar surface area (TPSA) is 57.5 Å². The van der Waals surface area contributed by atoms with Gasteiger partial charge >= 0.3 is 0 Å². The molecule has 7 heteroatoms. The zero-order valence-electron chi connectivity index (χ0n) is 17.9. The molecule has 1 heterocycles. The van der Waals surface area contributed by atoms with Crippen LogP contribution in [0.1, 0.15) is 18.1 Å². The lowest BCUT2D eigenvalue weighted by molar-refractivity contribution is 0.799. The quantitative estimate of drug-likeness (QED) is 0.270. The summed E-state index contributed by atoms with van der Waals surface area (Å²) in [4.78, 5) is 6.83. The van der Waals surface area contributed by atoms with Gasteiger partial charge < -0.3 is 15.5 Å². The zero-order chi connectivity index (χ0) is 20.5. The van der Waals surface area contributed by atoms with Gasteiger partial charge in [0.25, 0.3) is 0 Å². The van der Waals surface area contributed by atoms with Crippen LogP contribution in [-0.4, -0.2) is 42.9 Å². The Kier molecular flexibility index (Phi) is 9.66. The predicted molar refractivity (Wildman–Crippen MR) is 136 cm³/mol. The highest BCUT2D eigenvalue weighted by Gasteiger charge is 2.01. The van der Waals surface area contributed by atoms with Crippen molar-refractivity contribution < 1.29 is 0 Å². The van der Waals surface area contributed by atoms with Crippen molar-refractivity contribution in [3.05, 3.63) is 78.1 Å². The van der Waals surface area contributed by atoms with E-state index in [1.807, 2.05) is 16.9 Å². The first kappa shape index (κ1) is 23.7. The van der Waals surface area contributed by atoms with Gasteiger partial charge in [0.2, 0.25) is 0 Å². The van der Waals surface area contributed by atoms with Crippen molar-refractivity contribution in [2.45, 2.75) is 19.9 Å². The number of guanidine groups is 1. The minimum Gasteiger partial charge on any atom is -0.378 e. The fourth-order valence-corrected chi connectivity index (χ4v) is 3.01. The molecular weight excluding hydrogens is 487 g/mol. The highest BCUT2D eigenvalue weighted by molar-refractivity contribution is 14.0. The third-order valence-electron chi connectivity index (χ3n) is 4.60. The van der Waals surface area contributed by atoms with Crippen molar-refractivity contribution in [3.63, 3.8) is 0 Å². The summed E-state index contributed by atoms with van der Waals surface area (Å²) in [6.07, 6.45) is 4.67. The molecule has 0 spiro atoms. The second-order valence-electron chi connectivity index (χ2n) is 7.05. The van der Waals surface area contributed by atoms with Crippen LogP contribution >= 0.6 is 24.0 Å². The lowest BCUT2D eigenvalue weighted by Gasteiger charge is -2.14. The average Bonchev–Trinajstić information content (AvgIpc) is 3.27. The van der Waals surface area contributed by atoms with Crippen LogP contribution in [0.3, 0.4) is 0 Å². The molecular formula is C23H31IN6. The van der Waals surface area contributed by atoms with Crippen molar-refractivity contribution in [1.82, 2.24) is 20.4 Å². The van der Waals surface area contributed by atoms with Crippen LogP contribution in [0.5, 0.6) is 0 Å². The van der Waals surface area contributed by atoms with Crippen LogP contribution in [-0.2, 0) is 13.0 Å². The fraction of sp³-hybridized carbons (Fsp3) is 0.304. The molecule has 30 heavy (non-hydrogen) atoms. The molecule has 0 amide bonds. The molecule has 2 N–H and O–H groups in total. The van der Waals surface area contributed by atoms with E-state index >= 15 is 0 Å². The second-order valence-corrected chi connectivity index (χ2v) is 7.05. The number of nitrogens with zero attached hydrogens (tertiary/aromatic N) is 4. The lowest BCUT2D eigenvalue weighted by atomic mass is 10.1. The molecule has 0 saturated heterocycles. The van der Waals surface area contributed by atoms with Gasteiger partial charge in [-0.3, -0.25) is 0 Å². The minimum atomic E-state index is 0. The Morgan fingerprint density at radius 2 is 1.83 bits per heavy atom. The van der Waals surface area contributed by atoms with Gasteiger partial charge in [-0.05, 0) is 54.8 Å². The van der Waals surface area contributed by atoms with Crippen molar-refractivity contribution in [2.75, 3.05) is 32.1 Å². The van der Waals surface area contributed by atoms with E-state index in [1.165, 1.54) is 16.8 Å². The van der Waals surface area contributed by atoms with Crippen LogP contribution in [0.2, 0.25) is 0 Å².